The third kappa shape index (κ3) is 5.26. The molecule has 40 heavy (non-hydrogen) atoms. The first-order valence-electron chi connectivity index (χ1n) is 12.0. The number of aromatic nitrogens is 1. The molecule has 5 rings (SSSR count). The highest BCUT2D eigenvalue weighted by atomic mass is 32.2. The van der Waals surface area contributed by atoms with E-state index in [0.29, 0.717) is 23.8 Å². The molecule has 0 saturated carbocycles. The SMILES string of the molecule is Cc1cc(NS(=O)(=O)c2ccc(N3Cc4ccccc4C3=NC(=O)c3cccc(S(=O)(=O)N(C)C)c3)cc2)no1. The van der Waals surface area contributed by atoms with Crippen molar-refractivity contribution in [1.82, 2.24) is 9.46 Å². The fourth-order valence-electron chi connectivity index (χ4n) is 4.18. The van der Waals surface area contributed by atoms with Crippen molar-refractivity contribution in [3.63, 3.8) is 0 Å². The van der Waals surface area contributed by atoms with Gasteiger partial charge in [-0.2, -0.15) is 4.99 Å². The van der Waals surface area contributed by atoms with Crippen molar-refractivity contribution < 1.29 is 26.2 Å². The number of rotatable bonds is 7. The minimum absolute atomic E-state index is 0.0154. The van der Waals surface area contributed by atoms with Gasteiger partial charge in [0.15, 0.2) is 5.82 Å². The van der Waals surface area contributed by atoms with Crippen LogP contribution in [0.4, 0.5) is 11.5 Å². The highest BCUT2D eigenvalue weighted by Gasteiger charge is 2.28. The highest BCUT2D eigenvalue weighted by molar-refractivity contribution is 7.92. The van der Waals surface area contributed by atoms with E-state index in [4.69, 9.17) is 4.52 Å². The van der Waals surface area contributed by atoms with E-state index in [1.54, 1.807) is 24.0 Å². The molecule has 1 aliphatic rings. The van der Waals surface area contributed by atoms with Crippen LogP contribution in [0.25, 0.3) is 0 Å². The van der Waals surface area contributed by atoms with Crippen LogP contribution in [-0.4, -0.2) is 52.1 Å². The Labute approximate surface area is 231 Å². The van der Waals surface area contributed by atoms with E-state index in [9.17, 15) is 21.6 Å². The van der Waals surface area contributed by atoms with Crippen molar-refractivity contribution in [3.8, 4) is 0 Å². The molecule has 0 aliphatic carbocycles. The number of amidine groups is 1. The van der Waals surface area contributed by atoms with Crippen molar-refractivity contribution in [1.29, 1.82) is 0 Å². The summed E-state index contributed by atoms with van der Waals surface area (Å²) in [7, 11) is -4.82. The van der Waals surface area contributed by atoms with Gasteiger partial charge in [0.1, 0.15) is 11.6 Å². The van der Waals surface area contributed by atoms with E-state index in [-0.39, 0.29) is 21.2 Å². The molecule has 11 nitrogen and oxygen atoms in total. The van der Waals surface area contributed by atoms with Gasteiger partial charge in [-0.15, -0.1) is 0 Å². The Balaban J connectivity index is 1.47. The van der Waals surface area contributed by atoms with Crippen molar-refractivity contribution >= 4 is 43.3 Å². The number of nitrogens with zero attached hydrogens (tertiary/aromatic N) is 4. The topological polar surface area (TPSA) is 142 Å². The monoisotopic (exact) mass is 579 g/mol. The predicted molar refractivity (Wildman–Crippen MR) is 149 cm³/mol. The molecule has 0 spiro atoms. The first kappa shape index (κ1) is 27.2. The lowest BCUT2D eigenvalue weighted by Crippen LogP contribution is -2.25. The van der Waals surface area contributed by atoms with Crippen LogP contribution in [0.15, 0.2) is 98.2 Å². The molecule has 0 fully saturated rings. The van der Waals surface area contributed by atoms with E-state index in [1.165, 1.54) is 56.6 Å². The van der Waals surface area contributed by atoms with Crippen LogP contribution in [-0.2, 0) is 26.6 Å². The highest BCUT2D eigenvalue weighted by Crippen LogP contribution is 2.30. The van der Waals surface area contributed by atoms with Gasteiger partial charge in [0, 0.05) is 37.0 Å². The summed E-state index contributed by atoms with van der Waals surface area (Å²) in [6.07, 6.45) is 0. The number of benzene rings is 3. The zero-order chi connectivity index (χ0) is 28.7. The molecule has 0 bridgehead atoms. The molecule has 3 aromatic carbocycles. The van der Waals surface area contributed by atoms with Gasteiger partial charge in [-0.25, -0.2) is 21.1 Å². The van der Waals surface area contributed by atoms with Gasteiger partial charge in [0.2, 0.25) is 10.0 Å². The predicted octanol–water partition coefficient (Wildman–Crippen LogP) is 3.64. The van der Waals surface area contributed by atoms with Gasteiger partial charge in [-0.1, -0.05) is 35.5 Å². The fourth-order valence-corrected chi connectivity index (χ4v) is 6.11. The molecule has 0 unspecified atom stereocenters. The lowest BCUT2D eigenvalue weighted by molar-refractivity contribution is 0.100. The summed E-state index contributed by atoms with van der Waals surface area (Å²) in [5.74, 6) is 0.299. The third-order valence-electron chi connectivity index (χ3n) is 6.23. The quantitative estimate of drug-likeness (QED) is 0.350. The summed E-state index contributed by atoms with van der Waals surface area (Å²) in [5.41, 5.74) is 2.41. The first-order chi connectivity index (χ1) is 19.0. The number of anilines is 2. The van der Waals surface area contributed by atoms with E-state index in [2.05, 4.69) is 14.9 Å². The first-order valence-corrected chi connectivity index (χ1v) is 15.0. The van der Waals surface area contributed by atoms with E-state index < -0.39 is 26.0 Å². The van der Waals surface area contributed by atoms with Gasteiger partial charge in [0.25, 0.3) is 15.9 Å². The minimum atomic E-state index is -3.91. The second kappa shape index (κ2) is 10.3. The Bertz CT molecular complexity index is 1850. The third-order valence-corrected chi connectivity index (χ3v) is 9.42. The Hall–Kier alpha value is -4.33. The largest absolute Gasteiger partial charge is 0.360 e. The normalized spacial score (nSPS) is 14.5. The molecule has 0 radical (unpaired) electrons. The minimum Gasteiger partial charge on any atom is -0.360 e. The summed E-state index contributed by atoms with van der Waals surface area (Å²) < 4.78 is 59.1. The molecular formula is C27H25N5O6S2. The fraction of sp³-hybridized carbons (Fsp3) is 0.148. The van der Waals surface area contributed by atoms with Crippen LogP contribution in [0.1, 0.15) is 27.2 Å². The molecule has 206 valence electrons. The Morgan fingerprint density at radius 3 is 2.35 bits per heavy atom. The van der Waals surface area contributed by atoms with E-state index in [0.717, 1.165) is 15.4 Å². The zero-order valence-corrected chi connectivity index (χ0v) is 23.4. The number of fused-ring (bicyclic) bond motifs is 1. The maximum atomic E-state index is 13.3. The van der Waals surface area contributed by atoms with Crippen molar-refractivity contribution in [2.75, 3.05) is 23.7 Å². The number of hydrogen-bond donors (Lipinski definition) is 1. The van der Waals surface area contributed by atoms with Crippen LogP contribution in [0.5, 0.6) is 0 Å². The van der Waals surface area contributed by atoms with Crippen LogP contribution >= 0.6 is 0 Å². The van der Waals surface area contributed by atoms with Gasteiger partial charge < -0.3 is 9.42 Å². The number of aliphatic imine (C=N–C) groups is 1. The van der Waals surface area contributed by atoms with Crippen molar-refractivity contribution in [2.45, 2.75) is 23.3 Å². The maximum Gasteiger partial charge on any atom is 0.279 e. The summed E-state index contributed by atoms with van der Waals surface area (Å²) >= 11 is 0. The summed E-state index contributed by atoms with van der Waals surface area (Å²) in [4.78, 5) is 19.5. The van der Waals surface area contributed by atoms with Gasteiger partial charge in [-0.3, -0.25) is 9.52 Å². The zero-order valence-electron chi connectivity index (χ0n) is 21.8. The number of carbonyl (C=O) groups is 1. The average Bonchev–Trinajstić information content (AvgIpc) is 3.51. The summed E-state index contributed by atoms with van der Waals surface area (Å²) in [6, 6.07) is 20.8. The molecule has 2 heterocycles. The van der Waals surface area contributed by atoms with Crippen molar-refractivity contribution in [2.24, 2.45) is 4.99 Å². The molecule has 1 amide bonds. The average molecular weight is 580 g/mol. The second-order valence-corrected chi connectivity index (χ2v) is 13.1. The maximum absolute atomic E-state index is 13.3. The number of aryl methyl sites for hydroxylation is 1. The Morgan fingerprint density at radius 1 is 0.950 bits per heavy atom. The lowest BCUT2D eigenvalue weighted by atomic mass is 10.1. The molecule has 1 aliphatic heterocycles. The molecular weight excluding hydrogens is 554 g/mol. The Morgan fingerprint density at radius 2 is 1.68 bits per heavy atom. The van der Waals surface area contributed by atoms with Gasteiger partial charge in [0.05, 0.1) is 16.3 Å². The van der Waals surface area contributed by atoms with Crippen LogP contribution < -0.4 is 9.62 Å². The molecule has 13 heteroatoms. The number of sulfonamides is 2. The number of carbonyl (C=O) groups excluding carboxylic acids is 1. The molecule has 1 N–H and O–H groups in total. The van der Waals surface area contributed by atoms with Gasteiger partial charge in [-0.05, 0) is 55.0 Å². The number of amides is 1. The number of hydrogen-bond acceptors (Lipinski definition) is 7. The van der Waals surface area contributed by atoms with Crippen LogP contribution in [0.2, 0.25) is 0 Å². The van der Waals surface area contributed by atoms with E-state index >= 15 is 0 Å². The molecule has 0 saturated heterocycles. The Kier molecular flexibility index (Phi) is 7.04. The smallest absolute Gasteiger partial charge is 0.279 e. The summed E-state index contributed by atoms with van der Waals surface area (Å²) in [6.45, 7) is 2.06. The standard InChI is InChI=1S/C27H25N5O6S2/c1-18-15-25(29-38-18)30-39(34,35)22-13-11-21(12-14-22)32-17-20-7-4-5-10-24(20)26(32)28-27(33)19-8-6-9-23(16-19)40(36,37)31(2)3/h4-16H,17H2,1-3H3,(H,29,30). The van der Waals surface area contributed by atoms with Crippen molar-refractivity contribution in [3.05, 3.63) is 101 Å². The van der Waals surface area contributed by atoms with Crippen LogP contribution in [0, 0.1) is 6.92 Å². The molecule has 0 atom stereocenters. The van der Waals surface area contributed by atoms with Crippen LogP contribution in [0.3, 0.4) is 0 Å². The number of nitrogens with one attached hydrogen (secondary N) is 1. The molecule has 1 aromatic heterocycles. The molecule has 4 aromatic rings. The van der Waals surface area contributed by atoms with Gasteiger partial charge >= 0.3 is 0 Å². The summed E-state index contributed by atoms with van der Waals surface area (Å²) in [5, 5.41) is 3.66. The van der Waals surface area contributed by atoms with E-state index in [1.807, 2.05) is 24.3 Å². The second-order valence-electron chi connectivity index (χ2n) is 9.22. The lowest BCUT2D eigenvalue weighted by Gasteiger charge is -2.19.